The van der Waals surface area contributed by atoms with Crippen LogP contribution in [-0.4, -0.2) is 80.5 Å². The van der Waals surface area contributed by atoms with E-state index in [4.69, 9.17) is 4.74 Å². The molecule has 1 amide bonds. The van der Waals surface area contributed by atoms with Crippen LogP contribution >= 0.6 is 0 Å². The van der Waals surface area contributed by atoms with Crippen LogP contribution < -0.4 is 0 Å². The van der Waals surface area contributed by atoms with Crippen LogP contribution in [0.15, 0.2) is 0 Å². The molecule has 2 aliphatic rings. The summed E-state index contributed by atoms with van der Waals surface area (Å²) in [7, 11) is 1.05. The van der Waals surface area contributed by atoms with E-state index in [1.54, 1.807) is 4.90 Å². The highest BCUT2D eigenvalue weighted by molar-refractivity contribution is 5.78. The molecular weight excluding hydrogens is 265 g/mol. The summed E-state index contributed by atoms with van der Waals surface area (Å²) < 4.78 is 48.0. The first-order valence-electron chi connectivity index (χ1n) is 6.08. The van der Waals surface area contributed by atoms with Crippen molar-refractivity contribution in [3.05, 3.63) is 0 Å². The number of alkyl halides is 3. The molecule has 0 aromatic heterocycles. The second-order valence-corrected chi connectivity index (χ2v) is 4.83. The Labute approximate surface area is 109 Å². The lowest BCUT2D eigenvalue weighted by Gasteiger charge is -2.49. The highest BCUT2D eigenvalue weighted by Crippen LogP contribution is 2.40. The third kappa shape index (κ3) is 2.85. The quantitative estimate of drug-likeness (QED) is 0.737. The Hall–Kier alpha value is -0.860. The van der Waals surface area contributed by atoms with E-state index in [-0.39, 0.29) is 25.5 Å². The minimum Gasteiger partial charge on any atom is -0.378 e. The molecule has 0 saturated carbocycles. The Morgan fingerprint density at radius 1 is 1.32 bits per heavy atom. The lowest BCUT2D eigenvalue weighted by molar-refractivity contribution is -0.310. The number of hydrogen-bond donors (Lipinski definition) is 0. The number of carbonyl (C=O) groups excluding carboxylic acids is 1. The average Bonchev–Trinajstić information content (AvgIpc) is 2.32. The second kappa shape index (κ2) is 5.26. The number of ether oxygens (including phenoxy) is 2. The van der Waals surface area contributed by atoms with Gasteiger partial charge in [0.05, 0.1) is 19.8 Å². The summed E-state index contributed by atoms with van der Waals surface area (Å²) in [5.41, 5.74) is -2.11. The minimum absolute atomic E-state index is 0.00118. The van der Waals surface area contributed by atoms with Crippen molar-refractivity contribution in [1.29, 1.82) is 0 Å². The normalized spacial score (nSPS) is 24.1. The number of rotatable bonds is 3. The highest BCUT2D eigenvalue weighted by Gasteiger charge is 2.62. The lowest BCUT2D eigenvalue weighted by atomic mass is 9.93. The molecule has 110 valence electrons. The van der Waals surface area contributed by atoms with Gasteiger partial charge in [0.15, 0.2) is 5.60 Å². The molecule has 0 radical (unpaired) electrons. The first-order chi connectivity index (χ1) is 8.88. The molecule has 0 atom stereocenters. The molecule has 0 unspecified atom stereocenters. The predicted molar refractivity (Wildman–Crippen MR) is 59.6 cm³/mol. The molecule has 0 aromatic rings. The molecule has 2 aliphatic heterocycles. The number of carbonyl (C=O) groups is 1. The van der Waals surface area contributed by atoms with Gasteiger partial charge in [0, 0.05) is 33.3 Å². The maximum atomic E-state index is 12.8. The van der Waals surface area contributed by atoms with Crippen molar-refractivity contribution in [2.45, 2.75) is 11.8 Å². The second-order valence-electron chi connectivity index (χ2n) is 4.83. The third-order valence-corrected chi connectivity index (χ3v) is 3.59. The van der Waals surface area contributed by atoms with Gasteiger partial charge in [0.1, 0.15) is 0 Å². The lowest BCUT2D eigenvalue weighted by Crippen LogP contribution is -2.71. The van der Waals surface area contributed by atoms with Crippen molar-refractivity contribution in [1.82, 2.24) is 9.80 Å². The van der Waals surface area contributed by atoms with Crippen LogP contribution in [0.25, 0.3) is 0 Å². The SMILES string of the molecule is COC1(C(F)(F)F)CN(CC(=O)N2CCOCC2)C1. The average molecular weight is 282 g/mol. The van der Waals surface area contributed by atoms with Crippen LogP contribution in [0.3, 0.4) is 0 Å². The molecule has 0 N–H and O–H groups in total. The molecule has 5 nitrogen and oxygen atoms in total. The number of methoxy groups -OCH3 is 1. The number of hydrogen-bond acceptors (Lipinski definition) is 4. The fourth-order valence-electron chi connectivity index (χ4n) is 2.32. The van der Waals surface area contributed by atoms with E-state index >= 15 is 0 Å². The zero-order valence-electron chi connectivity index (χ0n) is 10.7. The van der Waals surface area contributed by atoms with Crippen LogP contribution in [0.5, 0.6) is 0 Å². The Morgan fingerprint density at radius 3 is 2.37 bits per heavy atom. The van der Waals surface area contributed by atoms with Gasteiger partial charge < -0.3 is 14.4 Å². The molecule has 0 bridgehead atoms. The summed E-state index contributed by atoms with van der Waals surface area (Å²) in [5, 5.41) is 0. The smallest absolute Gasteiger partial charge is 0.378 e. The first kappa shape index (κ1) is 14.5. The molecule has 8 heteroatoms. The van der Waals surface area contributed by atoms with E-state index in [1.165, 1.54) is 4.90 Å². The molecule has 2 saturated heterocycles. The van der Waals surface area contributed by atoms with Gasteiger partial charge in [0.25, 0.3) is 0 Å². The van der Waals surface area contributed by atoms with Gasteiger partial charge in [0.2, 0.25) is 5.91 Å². The van der Waals surface area contributed by atoms with Gasteiger partial charge in [-0.25, -0.2) is 0 Å². The van der Waals surface area contributed by atoms with Crippen molar-refractivity contribution >= 4 is 5.91 Å². The number of amides is 1. The fourth-order valence-corrected chi connectivity index (χ4v) is 2.32. The monoisotopic (exact) mass is 282 g/mol. The summed E-state index contributed by atoms with van der Waals surface area (Å²) in [4.78, 5) is 14.9. The number of morpholine rings is 1. The standard InChI is InChI=1S/C11H17F3N2O3/c1-18-10(11(12,13)14)7-15(8-10)6-9(17)16-2-4-19-5-3-16/h2-8H2,1H3. The minimum atomic E-state index is -4.40. The van der Waals surface area contributed by atoms with Gasteiger partial charge >= 0.3 is 6.18 Å². The van der Waals surface area contributed by atoms with Crippen LogP contribution in [-0.2, 0) is 14.3 Å². The molecule has 0 spiro atoms. The Bertz CT molecular complexity index is 337. The Morgan fingerprint density at radius 2 is 1.89 bits per heavy atom. The summed E-state index contributed by atoms with van der Waals surface area (Å²) in [6.45, 7) is 1.39. The Balaban J connectivity index is 1.82. The van der Waals surface area contributed by atoms with E-state index < -0.39 is 11.8 Å². The zero-order chi connectivity index (χ0) is 14.1. The number of nitrogens with zero attached hydrogens (tertiary/aromatic N) is 2. The van der Waals surface area contributed by atoms with E-state index in [0.717, 1.165) is 7.11 Å². The van der Waals surface area contributed by atoms with E-state index in [0.29, 0.717) is 26.3 Å². The summed E-state index contributed by atoms with van der Waals surface area (Å²) in [5.74, 6) is -0.157. The first-order valence-corrected chi connectivity index (χ1v) is 6.08. The molecule has 0 aliphatic carbocycles. The number of halogens is 3. The van der Waals surface area contributed by atoms with Gasteiger partial charge in [-0.05, 0) is 0 Å². The fraction of sp³-hybridized carbons (Fsp3) is 0.909. The molecular formula is C11H17F3N2O3. The maximum absolute atomic E-state index is 12.8. The zero-order valence-corrected chi connectivity index (χ0v) is 10.7. The highest BCUT2D eigenvalue weighted by atomic mass is 19.4. The van der Waals surface area contributed by atoms with Gasteiger partial charge in [-0.3, -0.25) is 9.69 Å². The number of likely N-dealkylation sites (tertiary alicyclic amines) is 1. The van der Waals surface area contributed by atoms with E-state index in [2.05, 4.69) is 4.74 Å². The van der Waals surface area contributed by atoms with Crippen LogP contribution in [0.4, 0.5) is 13.2 Å². The molecule has 19 heavy (non-hydrogen) atoms. The Kier molecular flexibility index (Phi) is 4.03. The van der Waals surface area contributed by atoms with Crippen molar-refractivity contribution in [3.8, 4) is 0 Å². The van der Waals surface area contributed by atoms with Crippen molar-refractivity contribution in [3.63, 3.8) is 0 Å². The molecule has 2 rings (SSSR count). The molecule has 2 fully saturated rings. The topological polar surface area (TPSA) is 42.0 Å². The van der Waals surface area contributed by atoms with Gasteiger partial charge in [-0.15, -0.1) is 0 Å². The summed E-state index contributed by atoms with van der Waals surface area (Å²) in [6.07, 6.45) is -4.40. The van der Waals surface area contributed by atoms with Crippen molar-refractivity contribution < 1.29 is 27.4 Å². The van der Waals surface area contributed by atoms with E-state index in [9.17, 15) is 18.0 Å². The van der Waals surface area contributed by atoms with Gasteiger partial charge in [-0.2, -0.15) is 13.2 Å². The van der Waals surface area contributed by atoms with Crippen LogP contribution in [0, 0.1) is 0 Å². The van der Waals surface area contributed by atoms with E-state index in [1.807, 2.05) is 0 Å². The summed E-state index contributed by atoms with van der Waals surface area (Å²) >= 11 is 0. The largest absolute Gasteiger partial charge is 0.419 e. The predicted octanol–water partition coefficient (Wildman–Crippen LogP) is 0.108. The third-order valence-electron chi connectivity index (χ3n) is 3.59. The molecule has 0 aromatic carbocycles. The molecule has 2 heterocycles. The van der Waals surface area contributed by atoms with Crippen LogP contribution in [0.1, 0.15) is 0 Å². The van der Waals surface area contributed by atoms with Crippen molar-refractivity contribution in [2.24, 2.45) is 0 Å². The van der Waals surface area contributed by atoms with Gasteiger partial charge in [-0.1, -0.05) is 0 Å². The van der Waals surface area contributed by atoms with Crippen LogP contribution in [0.2, 0.25) is 0 Å². The maximum Gasteiger partial charge on any atom is 0.419 e. The summed E-state index contributed by atoms with van der Waals surface area (Å²) in [6, 6.07) is 0. The van der Waals surface area contributed by atoms with Crippen molar-refractivity contribution in [2.75, 3.05) is 53.0 Å².